The number of nitrogens with two attached hydrogens (primary N) is 1. The van der Waals surface area contributed by atoms with Crippen molar-refractivity contribution >= 4 is 23.4 Å². The van der Waals surface area contributed by atoms with Crippen LogP contribution in [0.5, 0.6) is 0 Å². The van der Waals surface area contributed by atoms with E-state index in [2.05, 4.69) is 11.6 Å². The molecule has 54 valence electrons. The molecule has 0 aromatic heterocycles. The maximum absolute atomic E-state index is 5.32. The van der Waals surface area contributed by atoms with Gasteiger partial charge in [0.1, 0.15) is 4.99 Å². The van der Waals surface area contributed by atoms with Gasteiger partial charge >= 0.3 is 0 Å². The Bertz CT molecular complexity index is 192. The van der Waals surface area contributed by atoms with Gasteiger partial charge in [-0.1, -0.05) is 24.9 Å². The topological polar surface area (TPSA) is 38.4 Å². The van der Waals surface area contributed by atoms with Crippen molar-refractivity contribution in [3.05, 3.63) is 24.3 Å². The summed E-state index contributed by atoms with van der Waals surface area (Å²) < 4.78 is 0. The van der Waals surface area contributed by atoms with E-state index in [0.717, 1.165) is 5.57 Å². The van der Waals surface area contributed by atoms with Crippen LogP contribution in [0.1, 0.15) is 0 Å². The predicted molar refractivity (Wildman–Crippen MR) is 49.5 cm³/mol. The van der Waals surface area contributed by atoms with Gasteiger partial charge in [0.05, 0.1) is 0 Å². The molecule has 0 fully saturated rings. The molecule has 0 rings (SSSR count). The Morgan fingerprint density at radius 1 is 1.70 bits per heavy atom. The lowest BCUT2D eigenvalue weighted by Gasteiger charge is -1.93. The van der Waals surface area contributed by atoms with E-state index in [4.69, 9.17) is 18.0 Å². The Kier molecular flexibility index (Phi) is 4.41. The number of hydrogen-bond donors (Lipinski definition) is 1. The molecule has 0 amide bonds. The van der Waals surface area contributed by atoms with Gasteiger partial charge in [-0.25, -0.2) is 0 Å². The summed E-state index contributed by atoms with van der Waals surface area (Å²) in [4.78, 5) is 4.08. The molecule has 0 aliphatic heterocycles. The van der Waals surface area contributed by atoms with Gasteiger partial charge in [-0.3, -0.25) is 4.99 Å². The van der Waals surface area contributed by atoms with E-state index in [1.165, 1.54) is 0 Å². The SMILES string of the molecule is C=C/C(=C\C=NC)C(N)=S. The number of hydrogen-bond acceptors (Lipinski definition) is 2. The first-order valence-electron chi connectivity index (χ1n) is 2.77. The first-order chi connectivity index (χ1) is 4.72. The third-order valence-corrected chi connectivity index (χ3v) is 1.14. The van der Waals surface area contributed by atoms with Crippen LogP contribution in [-0.2, 0) is 0 Å². The normalized spacial score (nSPS) is 11.9. The monoisotopic (exact) mass is 154 g/mol. The Morgan fingerprint density at radius 2 is 2.30 bits per heavy atom. The first-order valence-corrected chi connectivity index (χ1v) is 3.18. The highest BCUT2D eigenvalue weighted by Gasteiger charge is 1.90. The molecule has 0 saturated carbocycles. The van der Waals surface area contributed by atoms with E-state index >= 15 is 0 Å². The van der Waals surface area contributed by atoms with Gasteiger partial charge in [-0.2, -0.15) is 0 Å². The summed E-state index contributed by atoms with van der Waals surface area (Å²) in [5.41, 5.74) is 6.05. The van der Waals surface area contributed by atoms with Crippen LogP contribution >= 0.6 is 12.2 Å². The second-order valence-electron chi connectivity index (χ2n) is 1.60. The van der Waals surface area contributed by atoms with E-state index in [-0.39, 0.29) is 0 Å². The van der Waals surface area contributed by atoms with E-state index in [1.807, 2.05) is 0 Å². The Morgan fingerprint density at radius 3 is 2.60 bits per heavy atom. The minimum Gasteiger partial charge on any atom is -0.389 e. The lowest BCUT2D eigenvalue weighted by Crippen LogP contribution is -2.09. The summed E-state index contributed by atoms with van der Waals surface area (Å²) in [6, 6.07) is 0. The average Bonchev–Trinajstić information content (AvgIpc) is 1.89. The molecule has 0 aromatic carbocycles. The number of rotatable bonds is 3. The molecule has 0 unspecified atom stereocenters. The van der Waals surface area contributed by atoms with Gasteiger partial charge in [0.2, 0.25) is 0 Å². The molecule has 0 spiro atoms. The summed E-state index contributed by atoms with van der Waals surface area (Å²) in [5.74, 6) is 0. The van der Waals surface area contributed by atoms with E-state index in [9.17, 15) is 0 Å². The van der Waals surface area contributed by atoms with Crippen LogP contribution in [0, 0.1) is 0 Å². The Hall–Kier alpha value is -0.960. The minimum absolute atomic E-state index is 0.343. The molecule has 0 bridgehead atoms. The van der Waals surface area contributed by atoms with Gasteiger partial charge in [0.15, 0.2) is 0 Å². The third kappa shape index (κ3) is 3.14. The number of aliphatic imine (C=N–C) groups is 1. The van der Waals surface area contributed by atoms with Crippen molar-refractivity contribution in [1.29, 1.82) is 0 Å². The van der Waals surface area contributed by atoms with Gasteiger partial charge in [0.25, 0.3) is 0 Å². The van der Waals surface area contributed by atoms with Gasteiger partial charge in [0, 0.05) is 18.8 Å². The maximum Gasteiger partial charge on any atom is 0.104 e. The molecular weight excluding hydrogens is 144 g/mol. The quantitative estimate of drug-likeness (QED) is 0.286. The number of thiocarbonyl (C=S) groups is 1. The molecular formula is C7H10N2S. The van der Waals surface area contributed by atoms with Crippen molar-refractivity contribution in [1.82, 2.24) is 0 Å². The van der Waals surface area contributed by atoms with Crippen LogP contribution in [0.3, 0.4) is 0 Å². The van der Waals surface area contributed by atoms with E-state index < -0.39 is 0 Å². The highest BCUT2D eigenvalue weighted by molar-refractivity contribution is 7.80. The zero-order valence-electron chi connectivity index (χ0n) is 5.87. The largest absolute Gasteiger partial charge is 0.389 e. The standard InChI is InChI=1S/C7H10N2S/c1-3-6(7(8)10)4-5-9-2/h3-5H,1H2,2H3,(H2,8,10)/b6-4+,9-5?. The van der Waals surface area contributed by atoms with Crippen LogP contribution in [0.4, 0.5) is 0 Å². The molecule has 3 heteroatoms. The maximum atomic E-state index is 5.32. The second-order valence-corrected chi connectivity index (χ2v) is 2.04. The third-order valence-electron chi connectivity index (χ3n) is 0.908. The van der Waals surface area contributed by atoms with Crippen LogP contribution < -0.4 is 5.73 Å². The van der Waals surface area contributed by atoms with Crippen molar-refractivity contribution in [3.63, 3.8) is 0 Å². The molecule has 0 aliphatic carbocycles. The molecule has 0 heterocycles. The first kappa shape index (κ1) is 9.04. The van der Waals surface area contributed by atoms with Crippen molar-refractivity contribution < 1.29 is 0 Å². The van der Waals surface area contributed by atoms with Crippen LogP contribution in [0.25, 0.3) is 0 Å². The van der Waals surface area contributed by atoms with Crippen molar-refractivity contribution in [2.45, 2.75) is 0 Å². The van der Waals surface area contributed by atoms with E-state index in [1.54, 1.807) is 25.4 Å². The predicted octanol–water partition coefficient (Wildman–Crippen LogP) is 1.09. The molecule has 0 aliphatic rings. The van der Waals surface area contributed by atoms with E-state index in [0.29, 0.717) is 4.99 Å². The zero-order valence-corrected chi connectivity index (χ0v) is 6.69. The molecule has 0 radical (unpaired) electrons. The van der Waals surface area contributed by atoms with Crippen molar-refractivity contribution in [2.75, 3.05) is 7.05 Å². The average molecular weight is 154 g/mol. The lowest BCUT2D eigenvalue weighted by atomic mass is 10.2. The zero-order chi connectivity index (χ0) is 7.98. The second kappa shape index (κ2) is 4.88. The summed E-state index contributed by atoms with van der Waals surface area (Å²) in [6.45, 7) is 3.54. The van der Waals surface area contributed by atoms with Crippen LogP contribution in [0.15, 0.2) is 29.3 Å². The van der Waals surface area contributed by atoms with Crippen LogP contribution in [-0.4, -0.2) is 18.3 Å². The summed E-state index contributed by atoms with van der Waals surface area (Å²) in [5, 5.41) is 0. The minimum atomic E-state index is 0.343. The molecule has 0 atom stereocenters. The highest BCUT2D eigenvalue weighted by Crippen LogP contribution is 1.93. The lowest BCUT2D eigenvalue weighted by molar-refractivity contribution is 1.47. The summed E-state index contributed by atoms with van der Waals surface area (Å²) >= 11 is 4.71. The molecule has 0 aromatic rings. The smallest absolute Gasteiger partial charge is 0.104 e. The molecule has 2 nitrogen and oxygen atoms in total. The summed E-state index contributed by atoms with van der Waals surface area (Å²) in [6.07, 6.45) is 4.94. The molecule has 2 N–H and O–H groups in total. The highest BCUT2D eigenvalue weighted by atomic mass is 32.1. The number of allylic oxidation sites excluding steroid dienone is 1. The summed E-state index contributed by atoms with van der Waals surface area (Å²) in [7, 11) is 1.68. The Labute approximate surface area is 66.1 Å². The fraction of sp³-hybridized carbons (Fsp3) is 0.143. The van der Waals surface area contributed by atoms with Gasteiger partial charge in [-0.05, 0) is 6.08 Å². The molecule has 10 heavy (non-hydrogen) atoms. The van der Waals surface area contributed by atoms with Crippen molar-refractivity contribution in [2.24, 2.45) is 10.7 Å². The number of nitrogens with zero attached hydrogens (tertiary/aromatic N) is 1. The van der Waals surface area contributed by atoms with Gasteiger partial charge in [-0.15, -0.1) is 0 Å². The van der Waals surface area contributed by atoms with Crippen LogP contribution in [0.2, 0.25) is 0 Å². The Balaban J connectivity index is 4.33. The fourth-order valence-electron chi connectivity index (χ4n) is 0.406. The van der Waals surface area contributed by atoms with Gasteiger partial charge < -0.3 is 5.73 Å². The fourth-order valence-corrected chi connectivity index (χ4v) is 0.557. The molecule has 0 saturated heterocycles. The van der Waals surface area contributed by atoms with Crippen molar-refractivity contribution in [3.8, 4) is 0 Å².